The summed E-state index contributed by atoms with van der Waals surface area (Å²) in [4.78, 5) is 0. The lowest BCUT2D eigenvalue weighted by atomic mass is 10.3. The van der Waals surface area contributed by atoms with Gasteiger partial charge in [-0.2, -0.15) is 0 Å². The Bertz CT molecular complexity index is 447. The highest BCUT2D eigenvalue weighted by Gasteiger charge is 2.14. The molecule has 3 nitrogen and oxygen atoms in total. The molecule has 0 saturated heterocycles. The van der Waals surface area contributed by atoms with E-state index < -0.39 is 15.8 Å². The highest BCUT2D eigenvalue weighted by molar-refractivity contribution is 7.92. The Morgan fingerprint density at radius 3 is 2.43 bits per heavy atom. The van der Waals surface area contributed by atoms with Crippen molar-refractivity contribution < 1.29 is 12.8 Å². The maximum absolute atomic E-state index is 12.7. The standard InChI is InChI=1S/C8H9ClFNO2S/c1-11(14(2,12)13)8-4-3-6(10)5-7(8)9/h3-5H,1-2H3. The maximum atomic E-state index is 12.7. The van der Waals surface area contributed by atoms with E-state index in [1.807, 2.05) is 0 Å². The highest BCUT2D eigenvalue weighted by Crippen LogP contribution is 2.26. The molecule has 1 rings (SSSR count). The third-order valence-electron chi connectivity index (χ3n) is 1.75. The molecule has 78 valence electrons. The third kappa shape index (κ3) is 2.36. The lowest BCUT2D eigenvalue weighted by molar-refractivity contribution is 0.600. The highest BCUT2D eigenvalue weighted by atomic mass is 35.5. The average Bonchev–Trinajstić information content (AvgIpc) is 2.01. The molecule has 14 heavy (non-hydrogen) atoms. The first-order valence-electron chi connectivity index (χ1n) is 3.71. The van der Waals surface area contributed by atoms with Gasteiger partial charge in [0, 0.05) is 7.05 Å². The van der Waals surface area contributed by atoms with E-state index in [1.54, 1.807) is 0 Å². The predicted octanol–water partition coefficient (Wildman–Crippen LogP) is 1.87. The largest absolute Gasteiger partial charge is 0.272 e. The van der Waals surface area contributed by atoms with Crippen LogP contribution < -0.4 is 4.31 Å². The van der Waals surface area contributed by atoms with E-state index in [9.17, 15) is 12.8 Å². The molecule has 0 saturated carbocycles. The molecule has 0 spiro atoms. The number of halogens is 2. The van der Waals surface area contributed by atoms with Crippen LogP contribution in [0.3, 0.4) is 0 Å². The first-order chi connectivity index (χ1) is 6.32. The van der Waals surface area contributed by atoms with Gasteiger partial charge in [0.2, 0.25) is 10.0 Å². The van der Waals surface area contributed by atoms with Crippen molar-refractivity contribution in [3.05, 3.63) is 29.0 Å². The predicted molar refractivity (Wildman–Crippen MR) is 54.7 cm³/mol. The Balaban J connectivity index is 3.21. The molecule has 1 aromatic rings. The fourth-order valence-electron chi connectivity index (χ4n) is 0.915. The minimum Gasteiger partial charge on any atom is -0.272 e. The quantitative estimate of drug-likeness (QED) is 0.788. The number of anilines is 1. The molecule has 0 aromatic heterocycles. The van der Waals surface area contributed by atoms with E-state index in [2.05, 4.69) is 0 Å². The van der Waals surface area contributed by atoms with Crippen LogP contribution in [0.1, 0.15) is 0 Å². The van der Waals surface area contributed by atoms with E-state index in [0.29, 0.717) is 0 Å². The van der Waals surface area contributed by atoms with Gasteiger partial charge in [0.05, 0.1) is 17.0 Å². The van der Waals surface area contributed by atoms with Crippen molar-refractivity contribution in [3.63, 3.8) is 0 Å². The zero-order valence-electron chi connectivity index (χ0n) is 7.66. The molecule has 0 aliphatic carbocycles. The van der Waals surface area contributed by atoms with Crippen LogP contribution in [-0.4, -0.2) is 21.7 Å². The number of hydrogen-bond donors (Lipinski definition) is 0. The number of sulfonamides is 1. The number of hydrogen-bond acceptors (Lipinski definition) is 2. The third-order valence-corrected chi connectivity index (χ3v) is 3.24. The van der Waals surface area contributed by atoms with Crippen LogP contribution >= 0.6 is 11.6 Å². The zero-order chi connectivity index (χ0) is 10.9. The van der Waals surface area contributed by atoms with E-state index in [1.165, 1.54) is 13.1 Å². The van der Waals surface area contributed by atoms with Gasteiger partial charge in [-0.15, -0.1) is 0 Å². The summed E-state index contributed by atoms with van der Waals surface area (Å²) in [7, 11) is -2.01. The molecule has 0 fully saturated rings. The minimum atomic E-state index is -3.36. The van der Waals surface area contributed by atoms with Gasteiger partial charge in [0.1, 0.15) is 5.82 Å². The van der Waals surface area contributed by atoms with Crippen LogP contribution in [-0.2, 0) is 10.0 Å². The van der Waals surface area contributed by atoms with Crippen molar-refractivity contribution in [2.24, 2.45) is 0 Å². The molecular weight excluding hydrogens is 229 g/mol. The van der Waals surface area contributed by atoms with Gasteiger partial charge >= 0.3 is 0 Å². The van der Waals surface area contributed by atoms with Crippen LogP contribution in [0, 0.1) is 5.82 Å². The first-order valence-corrected chi connectivity index (χ1v) is 5.94. The molecule has 0 bridgehead atoms. The first kappa shape index (κ1) is 11.3. The molecule has 6 heteroatoms. The van der Waals surface area contributed by atoms with Crippen LogP contribution in [0.5, 0.6) is 0 Å². The molecule has 0 heterocycles. The normalized spacial score (nSPS) is 11.4. The van der Waals surface area contributed by atoms with Gasteiger partial charge < -0.3 is 0 Å². The Morgan fingerprint density at radius 1 is 1.43 bits per heavy atom. The van der Waals surface area contributed by atoms with Crippen molar-refractivity contribution in [3.8, 4) is 0 Å². The monoisotopic (exact) mass is 237 g/mol. The van der Waals surface area contributed by atoms with Gasteiger partial charge in [0.15, 0.2) is 0 Å². The molecule has 0 atom stereocenters. The van der Waals surface area contributed by atoms with Crippen LogP contribution in [0.2, 0.25) is 5.02 Å². The molecule has 0 aliphatic heterocycles. The lowest BCUT2D eigenvalue weighted by Gasteiger charge is -2.17. The molecule has 0 amide bonds. The summed E-state index contributed by atoms with van der Waals surface area (Å²) >= 11 is 5.68. The van der Waals surface area contributed by atoms with E-state index in [0.717, 1.165) is 22.7 Å². The van der Waals surface area contributed by atoms with Gasteiger partial charge in [0.25, 0.3) is 0 Å². The molecule has 1 aromatic carbocycles. The van der Waals surface area contributed by atoms with Gasteiger partial charge in [-0.25, -0.2) is 12.8 Å². The topological polar surface area (TPSA) is 37.4 Å². The van der Waals surface area contributed by atoms with Crippen molar-refractivity contribution in [2.75, 3.05) is 17.6 Å². The second kappa shape index (κ2) is 3.74. The summed E-state index contributed by atoms with van der Waals surface area (Å²) < 4.78 is 35.9. The Labute approximate surface area is 87.2 Å². The number of rotatable bonds is 2. The maximum Gasteiger partial charge on any atom is 0.232 e. The van der Waals surface area contributed by atoms with Crippen LogP contribution in [0.25, 0.3) is 0 Å². The summed E-state index contributed by atoms with van der Waals surface area (Å²) in [5, 5.41) is 0.0675. The smallest absolute Gasteiger partial charge is 0.232 e. The molecule has 0 N–H and O–H groups in total. The van der Waals surface area contributed by atoms with Crippen molar-refractivity contribution in [2.45, 2.75) is 0 Å². The average molecular weight is 238 g/mol. The number of nitrogens with zero attached hydrogens (tertiary/aromatic N) is 1. The lowest BCUT2D eigenvalue weighted by Crippen LogP contribution is -2.25. The fourth-order valence-corrected chi connectivity index (χ4v) is 1.78. The van der Waals surface area contributed by atoms with E-state index in [4.69, 9.17) is 11.6 Å². The van der Waals surface area contributed by atoms with Crippen LogP contribution in [0.4, 0.5) is 10.1 Å². The Morgan fingerprint density at radius 2 is 2.00 bits per heavy atom. The summed E-state index contributed by atoms with van der Waals surface area (Å²) in [5.41, 5.74) is 0.260. The van der Waals surface area contributed by atoms with Crippen molar-refractivity contribution in [1.29, 1.82) is 0 Å². The summed E-state index contributed by atoms with van der Waals surface area (Å²) in [5.74, 6) is -0.499. The summed E-state index contributed by atoms with van der Waals surface area (Å²) in [6.07, 6.45) is 1.05. The van der Waals surface area contributed by atoms with Gasteiger partial charge in [-0.1, -0.05) is 11.6 Å². The van der Waals surface area contributed by atoms with E-state index >= 15 is 0 Å². The SMILES string of the molecule is CN(c1ccc(F)cc1Cl)S(C)(=O)=O. The van der Waals surface area contributed by atoms with Crippen molar-refractivity contribution in [1.82, 2.24) is 0 Å². The summed E-state index contributed by atoms with van der Waals surface area (Å²) in [6, 6.07) is 3.54. The van der Waals surface area contributed by atoms with Crippen molar-refractivity contribution >= 4 is 27.3 Å². The molecular formula is C8H9ClFNO2S. The summed E-state index contributed by atoms with van der Waals surface area (Å²) in [6.45, 7) is 0. The fraction of sp³-hybridized carbons (Fsp3) is 0.250. The Kier molecular flexibility index (Phi) is 3.01. The second-order valence-corrected chi connectivity index (χ2v) is 5.25. The second-order valence-electron chi connectivity index (χ2n) is 2.83. The minimum absolute atomic E-state index is 0.0675. The zero-order valence-corrected chi connectivity index (χ0v) is 9.23. The van der Waals surface area contributed by atoms with Gasteiger partial charge in [-0.05, 0) is 18.2 Å². The Hall–Kier alpha value is -0.810. The molecule has 0 unspecified atom stereocenters. The molecule has 0 aliphatic rings. The molecule has 0 radical (unpaired) electrons. The van der Waals surface area contributed by atoms with Gasteiger partial charge in [-0.3, -0.25) is 4.31 Å². The van der Waals surface area contributed by atoms with Crippen LogP contribution in [0.15, 0.2) is 18.2 Å². The number of benzene rings is 1. The van der Waals surface area contributed by atoms with E-state index in [-0.39, 0.29) is 10.7 Å².